The number of aromatic carboxylic acids is 1. The molecule has 7 aromatic carbocycles. The third kappa shape index (κ3) is 5.64. The van der Waals surface area contributed by atoms with Crippen molar-refractivity contribution in [2.75, 3.05) is 7.11 Å². The average molecular weight is 643 g/mol. The number of benzene rings is 7. The third-order valence-electron chi connectivity index (χ3n) is 9.72. The summed E-state index contributed by atoms with van der Waals surface area (Å²) < 4.78 is 6.09. The summed E-state index contributed by atoms with van der Waals surface area (Å²) >= 11 is 0. The highest BCUT2D eigenvalue weighted by Gasteiger charge is 2.30. The van der Waals surface area contributed by atoms with Crippen molar-refractivity contribution in [3.63, 3.8) is 0 Å². The first-order chi connectivity index (χ1) is 23.4. The monoisotopic (exact) mass is 642 g/mol. The van der Waals surface area contributed by atoms with Gasteiger partial charge in [0.2, 0.25) is 0 Å². The predicted octanol–water partition coefficient (Wildman–Crippen LogP) is 12.4. The Balaban J connectivity index is 1.66. The summed E-state index contributed by atoms with van der Waals surface area (Å²) in [5.74, 6) is -0.104. The van der Waals surface area contributed by atoms with Crippen molar-refractivity contribution >= 4 is 38.3 Å². The van der Waals surface area contributed by atoms with Gasteiger partial charge >= 0.3 is 5.97 Å². The minimum Gasteiger partial charge on any atom is -0.496 e. The van der Waals surface area contributed by atoms with Crippen molar-refractivity contribution in [1.82, 2.24) is 0 Å². The van der Waals surface area contributed by atoms with Crippen molar-refractivity contribution in [3.8, 4) is 39.1 Å². The van der Waals surface area contributed by atoms with Gasteiger partial charge in [-0.2, -0.15) is 0 Å². The van der Waals surface area contributed by atoms with Gasteiger partial charge in [0.1, 0.15) is 5.75 Å². The normalized spacial score (nSPS) is 12.1. The Morgan fingerprint density at radius 2 is 1.06 bits per heavy atom. The largest absolute Gasteiger partial charge is 0.496 e. The van der Waals surface area contributed by atoms with Gasteiger partial charge in [0, 0.05) is 16.7 Å². The van der Waals surface area contributed by atoms with E-state index in [1.165, 1.54) is 0 Å². The van der Waals surface area contributed by atoms with E-state index in [0.717, 1.165) is 77.0 Å². The van der Waals surface area contributed by atoms with Gasteiger partial charge in [-0.3, -0.25) is 0 Å². The lowest BCUT2D eigenvalue weighted by atomic mass is 9.76. The van der Waals surface area contributed by atoms with Crippen molar-refractivity contribution in [2.45, 2.75) is 52.4 Å². The number of ether oxygens (including phenoxy) is 1. The number of fused-ring (bicyclic) bond motifs is 3. The number of carboxylic acid groups (broad SMARTS) is 1. The first-order valence-electron chi connectivity index (χ1n) is 16.9. The summed E-state index contributed by atoms with van der Waals surface area (Å²) in [6, 6.07) is 42.0. The second-order valence-electron chi connectivity index (χ2n) is 15.1. The zero-order chi connectivity index (χ0) is 34.7. The Labute approximate surface area is 288 Å². The summed E-state index contributed by atoms with van der Waals surface area (Å²) in [6.07, 6.45) is 0. The summed E-state index contributed by atoms with van der Waals surface area (Å²) in [6.45, 7) is 13.1. The van der Waals surface area contributed by atoms with Gasteiger partial charge in [-0.15, -0.1) is 0 Å². The van der Waals surface area contributed by atoms with Crippen molar-refractivity contribution in [2.24, 2.45) is 0 Å². The Kier molecular flexibility index (Phi) is 7.83. The highest BCUT2D eigenvalue weighted by molar-refractivity contribution is 6.19. The topological polar surface area (TPSA) is 46.5 Å². The molecule has 0 aromatic heterocycles. The minimum absolute atomic E-state index is 0.247. The van der Waals surface area contributed by atoms with Crippen molar-refractivity contribution in [3.05, 3.63) is 138 Å². The Morgan fingerprint density at radius 1 is 0.531 bits per heavy atom. The smallest absolute Gasteiger partial charge is 0.336 e. The molecule has 3 nitrogen and oxygen atoms in total. The Bertz CT molecular complexity index is 2380. The molecule has 7 rings (SSSR count). The van der Waals surface area contributed by atoms with Crippen LogP contribution in [-0.2, 0) is 10.8 Å². The number of carbonyl (C=O) groups is 1. The van der Waals surface area contributed by atoms with Gasteiger partial charge in [0.15, 0.2) is 0 Å². The van der Waals surface area contributed by atoms with Crippen LogP contribution in [0.3, 0.4) is 0 Å². The van der Waals surface area contributed by atoms with E-state index in [-0.39, 0.29) is 10.8 Å². The third-order valence-corrected chi connectivity index (χ3v) is 9.72. The van der Waals surface area contributed by atoms with Crippen LogP contribution in [-0.4, -0.2) is 18.2 Å². The molecule has 0 aliphatic rings. The maximum Gasteiger partial charge on any atom is 0.336 e. The number of carboxylic acids is 1. The van der Waals surface area contributed by atoms with Crippen LogP contribution in [0.5, 0.6) is 5.75 Å². The molecule has 0 fully saturated rings. The molecule has 0 saturated carbocycles. The molecular formula is C46H42O3. The zero-order valence-corrected chi connectivity index (χ0v) is 29.3. The second kappa shape index (κ2) is 11.9. The van der Waals surface area contributed by atoms with Gasteiger partial charge in [-0.1, -0.05) is 139 Å². The lowest BCUT2D eigenvalue weighted by molar-refractivity contribution is 0.0698. The van der Waals surface area contributed by atoms with E-state index in [9.17, 15) is 9.90 Å². The van der Waals surface area contributed by atoms with Crippen LogP contribution in [0.1, 0.15) is 63.0 Å². The van der Waals surface area contributed by atoms with E-state index in [1.807, 2.05) is 24.3 Å². The Hall–Kier alpha value is -5.41. The molecule has 49 heavy (non-hydrogen) atoms. The van der Waals surface area contributed by atoms with E-state index < -0.39 is 5.97 Å². The van der Waals surface area contributed by atoms with Crippen LogP contribution in [0.25, 0.3) is 65.7 Å². The predicted molar refractivity (Wildman–Crippen MR) is 206 cm³/mol. The summed E-state index contributed by atoms with van der Waals surface area (Å²) in [7, 11) is 1.73. The summed E-state index contributed by atoms with van der Waals surface area (Å²) in [4.78, 5) is 13.9. The fourth-order valence-electron chi connectivity index (χ4n) is 7.31. The standard InChI is InChI=1S/C46H42O3/c1-45(2,3)38-26-33(27-39(43(38)49-7)46(4,5)6)37-25-31-17-11-13-19-35(31)41(42(37)44(47)48)40-34-18-12-10-15-29(34)22-23-36(40)32-21-20-28-14-8-9-16-30(28)24-32/h8-27H,1-7H3,(H,47,48). The molecule has 0 unspecified atom stereocenters. The molecule has 3 heteroatoms. The molecule has 0 aliphatic carbocycles. The van der Waals surface area contributed by atoms with E-state index >= 15 is 0 Å². The number of hydrogen-bond donors (Lipinski definition) is 1. The van der Waals surface area contributed by atoms with Crippen molar-refractivity contribution < 1.29 is 14.6 Å². The maximum absolute atomic E-state index is 13.9. The number of methoxy groups -OCH3 is 1. The fourth-order valence-corrected chi connectivity index (χ4v) is 7.31. The molecule has 7 aromatic rings. The van der Waals surface area contributed by atoms with Crippen LogP contribution < -0.4 is 4.74 Å². The fraction of sp³-hybridized carbons (Fsp3) is 0.196. The molecule has 1 N–H and O–H groups in total. The van der Waals surface area contributed by atoms with E-state index in [1.54, 1.807) is 7.11 Å². The van der Waals surface area contributed by atoms with Crippen LogP contribution in [0.4, 0.5) is 0 Å². The van der Waals surface area contributed by atoms with Gasteiger partial charge in [0.25, 0.3) is 0 Å². The van der Waals surface area contributed by atoms with Crippen LogP contribution >= 0.6 is 0 Å². The van der Waals surface area contributed by atoms with E-state index in [4.69, 9.17) is 4.74 Å². The molecule has 0 bridgehead atoms. The minimum atomic E-state index is -0.960. The lowest BCUT2D eigenvalue weighted by Crippen LogP contribution is -2.19. The average Bonchev–Trinajstić information content (AvgIpc) is 3.08. The number of rotatable bonds is 5. The van der Waals surface area contributed by atoms with Crippen LogP contribution in [0.2, 0.25) is 0 Å². The first kappa shape index (κ1) is 32.2. The Morgan fingerprint density at radius 3 is 1.65 bits per heavy atom. The van der Waals surface area contributed by atoms with Gasteiger partial charge < -0.3 is 9.84 Å². The molecule has 244 valence electrons. The first-order valence-corrected chi connectivity index (χ1v) is 16.9. The maximum atomic E-state index is 13.9. The zero-order valence-electron chi connectivity index (χ0n) is 29.3. The molecular weight excluding hydrogens is 601 g/mol. The van der Waals surface area contributed by atoms with Gasteiger partial charge in [-0.05, 0) is 95.2 Å². The quantitative estimate of drug-likeness (QED) is 0.203. The molecule has 0 heterocycles. The second-order valence-corrected chi connectivity index (χ2v) is 15.1. The molecule has 0 spiro atoms. The molecule has 0 atom stereocenters. The van der Waals surface area contributed by atoms with E-state index in [0.29, 0.717) is 11.1 Å². The summed E-state index contributed by atoms with van der Waals surface area (Å²) in [5, 5.41) is 17.6. The molecule has 0 saturated heterocycles. The van der Waals surface area contributed by atoms with Crippen LogP contribution in [0.15, 0.2) is 121 Å². The lowest BCUT2D eigenvalue weighted by Gasteiger charge is -2.30. The summed E-state index contributed by atoms with van der Waals surface area (Å²) in [5.41, 5.74) is 7.14. The molecule has 0 amide bonds. The highest BCUT2D eigenvalue weighted by Crippen LogP contribution is 2.48. The highest BCUT2D eigenvalue weighted by atomic mass is 16.5. The SMILES string of the molecule is COc1c(C(C)(C)C)cc(-c2cc3ccccc3c(-c3c(-c4ccc5ccccc5c4)ccc4ccccc34)c2C(=O)O)cc1C(C)(C)C. The number of hydrogen-bond acceptors (Lipinski definition) is 2. The van der Waals surface area contributed by atoms with E-state index in [2.05, 4.69) is 139 Å². The van der Waals surface area contributed by atoms with Gasteiger partial charge in [0.05, 0.1) is 12.7 Å². The van der Waals surface area contributed by atoms with Crippen LogP contribution in [0, 0.1) is 0 Å². The van der Waals surface area contributed by atoms with Gasteiger partial charge in [-0.25, -0.2) is 4.79 Å². The molecule has 0 radical (unpaired) electrons. The van der Waals surface area contributed by atoms with Crippen molar-refractivity contribution in [1.29, 1.82) is 0 Å². The molecule has 0 aliphatic heterocycles.